The molecule has 14 heavy (non-hydrogen) atoms. The summed E-state index contributed by atoms with van der Waals surface area (Å²) in [7, 11) is 0. The first-order valence-corrected chi connectivity index (χ1v) is 3.69. The third-order valence-electron chi connectivity index (χ3n) is 1.38. The molecule has 0 unspecified atom stereocenters. The van der Waals surface area contributed by atoms with Crippen LogP contribution in [-0.4, -0.2) is 23.7 Å². The zero-order chi connectivity index (χ0) is 9.97. The zero-order valence-corrected chi connectivity index (χ0v) is 6.84. The summed E-state index contributed by atoms with van der Waals surface area (Å²) in [4.78, 5) is 21.1. The minimum absolute atomic E-state index is 0.0684. The Morgan fingerprint density at radius 3 is 1.50 bits per heavy atom. The van der Waals surface area contributed by atoms with Gasteiger partial charge in [0.15, 0.2) is 0 Å². The highest BCUT2D eigenvalue weighted by Gasteiger charge is 2.13. The number of nitrogens with zero attached hydrogens (tertiary/aromatic N) is 2. The summed E-state index contributed by atoms with van der Waals surface area (Å²) in [5, 5.41) is 7.07. The lowest BCUT2D eigenvalue weighted by molar-refractivity contribution is -0.130. The van der Waals surface area contributed by atoms with Crippen molar-refractivity contribution >= 4 is 23.7 Å². The van der Waals surface area contributed by atoms with Crippen LogP contribution >= 0.6 is 0 Å². The van der Waals surface area contributed by atoms with E-state index in [1.807, 2.05) is 0 Å². The van der Waals surface area contributed by atoms with E-state index in [-0.39, 0.29) is 11.8 Å². The topological polar surface area (TPSA) is 77.3 Å². The van der Waals surface area contributed by atoms with Crippen LogP contribution < -0.4 is 0 Å². The lowest BCUT2D eigenvalue weighted by atomic mass is 10.5. The van der Waals surface area contributed by atoms with Crippen molar-refractivity contribution in [1.29, 1.82) is 0 Å². The Morgan fingerprint density at radius 2 is 1.21 bits per heavy atom. The fourth-order valence-corrected chi connectivity index (χ4v) is 0.827. The maximum absolute atomic E-state index is 10.6. The van der Waals surface area contributed by atoms with E-state index in [1.54, 1.807) is 0 Å². The quantitative estimate of drug-likeness (QED) is 0.430. The summed E-state index contributed by atoms with van der Waals surface area (Å²) in [6.07, 6.45) is 5.17. The second kappa shape index (κ2) is 3.25. The summed E-state index contributed by atoms with van der Waals surface area (Å²) < 4.78 is 9.15. The Labute approximate surface area is 78.2 Å². The standard InChI is InChI=1S/C8H4N2O4/c11-7-3-1-5(13-7)9-10-6-2-4-8(12)14-6/h1-4H. The molecule has 2 aliphatic rings. The van der Waals surface area contributed by atoms with E-state index in [9.17, 15) is 9.59 Å². The molecule has 0 radical (unpaired) electrons. The lowest BCUT2D eigenvalue weighted by Gasteiger charge is -1.92. The van der Waals surface area contributed by atoms with E-state index < -0.39 is 11.9 Å². The van der Waals surface area contributed by atoms with E-state index in [2.05, 4.69) is 19.7 Å². The predicted molar refractivity (Wildman–Crippen MR) is 45.3 cm³/mol. The molecule has 6 heteroatoms. The van der Waals surface area contributed by atoms with Crippen LogP contribution in [0, 0.1) is 0 Å². The van der Waals surface area contributed by atoms with E-state index in [0.29, 0.717) is 0 Å². The first-order chi connectivity index (χ1) is 6.74. The molecule has 6 nitrogen and oxygen atoms in total. The summed E-state index contributed by atoms with van der Waals surface area (Å²) in [5.74, 6) is -0.858. The monoisotopic (exact) mass is 192 g/mol. The van der Waals surface area contributed by atoms with E-state index in [1.165, 1.54) is 24.3 Å². The van der Waals surface area contributed by atoms with Crippen LogP contribution in [0.1, 0.15) is 0 Å². The molecule has 0 bridgehead atoms. The van der Waals surface area contributed by atoms with Crippen molar-refractivity contribution in [2.75, 3.05) is 0 Å². The second-order valence-electron chi connectivity index (χ2n) is 2.39. The van der Waals surface area contributed by atoms with Gasteiger partial charge in [-0.25, -0.2) is 9.59 Å². The van der Waals surface area contributed by atoms with Gasteiger partial charge in [0.1, 0.15) is 0 Å². The first kappa shape index (κ1) is 8.36. The number of cyclic esters (lactones) is 2. The number of carbonyl (C=O) groups excluding carboxylic acids is 2. The number of esters is 2. The minimum atomic E-state index is -0.497. The highest BCUT2D eigenvalue weighted by Crippen LogP contribution is 2.01. The highest BCUT2D eigenvalue weighted by molar-refractivity contribution is 6.09. The Kier molecular flexibility index (Phi) is 1.94. The molecule has 0 spiro atoms. The summed E-state index contributed by atoms with van der Waals surface area (Å²) in [6.45, 7) is 0. The van der Waals surface area contributed by atoms with Crippen LogP contribution in [0.15, 0.2) is 34.5 Å². The predicted octanol–water partition coefficient (Wildman–Crippen LogP) is -0.0756. The van der Waals surface area contributed by atoms with Gasteiger partial charge in [-0.15, -0.1) is 10.2 Å². The smallest absolute Gasteiger partial charge is 0.337 e. The Balaban J connectivity index is 2.06. The molecule has 0 aromatic rings. The van der Waals surface area contributed by atoms with Gasteiger partial charge in [0, 0.05) is 24.3 Å². The van der Waals surface area contributed by atoms with Gasteiger partial charge >= 0.3 is 11.9 Å². The van der Waals surface area contributed by atoms with E-state index in [4.69, 9.17) is 0 Å². The average Bonchev–Trinajstić information content (AvgIpc) is 2.72. The van der Waals surface area contributed by atoms with E-state index in [0.717, 1.165) is 0 Å². The van der Waals surface area contributed by atoms with Crippen molar-refractivity contribution in [2.24, 2.45) is 10.2 Å². The fraction of sp³-hybridized carbons (Fsp3) is 0. The third-order valence-corrected chi connectivity index (χ3v) is 1.38. The molecule has 0 N–H and O–H groups in total. The summed E-state index contributed by atoms with van der Waals surface area (Å²) >= 11 is 0. The largest absolute Gasteiger partial charge is 0.403 e. The molecule has 2 rings (SSSR count). The normalized spacial score (nSPS) is 24.9. The maximum Gasteiger partial charge on any atom is 0.337 e. The lowest BCUT2D eigenvalue weighted by Crippen LogP contribution is -2.01. The molecule has 70 valence electrons. The van der Waals surface area contributed by atoms with Crippen LogP contribution in [0.3, 0.4) is 0 Å². The minimum Gasteiger partial charge on any atom is -0.403 e. The molecule has 0 saturated carbocycles. The van der Waals surface area contributed by atoms with Crippen LogP contribution in [0.5, 0.6) is 0 Å². The molecular formula is C8H4N2O4. The van der Waals surface area contributed by atoms with Crippen molar-refractivity contribution < 1.29 is 19.1 Å². The zero-order valence-electron chi connectivity index (χ0n) is 6.84. The molecule has 0 aromatic heterocycles. The van der Waals surface area contributed by atoms with Crippen molar-refractivity contribution in [3.63, 3.8) is 0 Å². The number of ether oxygens (including phenoxy) is 2. The van der Waals surface area contributed by atoms with E-state index >= 15 is 0 Å². The second-order valence-corrected chi connectivity index (χ2v) is 2.39. The van der Waals surface area contributed by atoms with Gasteiger partial charge in [-0.3, -0.25) is 0 Å². The van der Waals surface area contributed by atoms with Crippen molar-refractivity contribution in [1.82, 2.24) is 0 Å². The van der Waals surface area contributed by atoms with Crippen molar-refractivity contribution in [3.8, 4) is 0 Å². The van der Waals surface area contributed by atoms with Crippen LogP contribution in [-0.2, 0) is 19.1 Å². The average molecular weight is 192 g/mol. The number of hydrogen-bond donors (Lipinski definition) is 0. The Hall–Kier alpha value is -2.24. The van der Waals surface area contributed by atoms with Gasteiger partial charge in [-0.2, -0.15) is 0 Å². The Morgan fingerprint density at radius 1 is 0.786 bits per heavy atom. The van der Waals surface area contributed by atoms with Gasteiger partial charge < -0.3 is 9.47 Å². The van der Waals surface area contributed by atoms with Gasteiger partial charge in [-0.1, -0.05) is 0 Å². The molecule has 0 fully saturated rings. The number of hydrogen-bond acceptors (Lipinski definition) is 6. The molecule has 2 aliphatic heterocycles. The summed E-state index contributed by atoms with van der Waals surface area (Å²) in [5.41, 5.74) is 0. The number of rotatable bonds is 1. The van der Waals surface area contributed by atoms with Crippen LogP contribution in [0.25, 0.3) is 0 Å². The van der Waals surface area contributed by atoms with Crippen molar-refractivity contribution in [2.45, 2.75) is 0 Å². The molecule has 0 saturated heterocycles. The molecule has 2 heterocycles. The molecule has 0 amide bonds. The SMILES string of the molecule is O=C1C=CC(=NN=C2C=CC(=O)O2)O1. The fourth-order valence-electron chi connectivity index (χ4n) is 0.827. The number of carbonyl (C=O) groups is 2. The molecule has 0 atom stereocenters. The molecule has 0 aliphatic carbocycles. The Bertz CT molecular complexity index is 377. The molecular weight excluding hydrogens is 188 g/mol. The van der Waals surface area contributed by atoms with Crippen LogP contribution in [0.2, 0.25) is 0 Å². The van der Waals surface area contributed by atoms with Gasteiger partial charge in [0.25, 0.3) is 0 Å². The summed E-state index contributed by atoms with van der Waals surface area (Å²) in [6, 6.07) is 0. The third kappa shape index (κ3) is 1.74. The molecule has 0 aromatic carbocycles. The van der Waals surface area contributed by atoms with Crippen molar-refractivity contribution in [3.05, 3.63) is 24.3 Å². The van der Waals surface area contributed by atoms with Gasteiger partial charge in [-0.05, 0) is 0 Å². The first-order valence-electron chi connectivity index (χ1n) is 3.69. The van der Waals surface area contributed by atoms with Gasteiger partial charge in [0.05, 0.1) is 0 Å². The van der Waals surface area contributed by atoms with Gasteiger partial charge in [0.2, 0.25) is 11.8 Å². The van der Waals surface area contributed by atoms with Crippen LogP contribution in [0.4, 0.5) is 0 Å². The maximum atomic E-state index is 10.6. The highest BCUT2D eigenvalue weighted by atomic mass is 16.6.